The Morgan fingerprint density at radius 2 is 1.72 bits per heavy atom. The second-order valence-electron chi connectivity index (χ2n) is 6.67. The van der Waals surface area contributed by atoms with Crippen LogP contribution in [0.3, 0.4) is 0 Å². The fourth-order valence-corrected chi connectivity index (χ4v) is 3.10. The lowest BCUT2D eigenvalue weighted by Crippen LogP contribution is -2.41. The number of nitrogens with one attached hydrogen (secondary N) is 1. The molecule has 0 bridgehead atoms. The average molecular weight is 435 g/mol. The maximum atomic E-state index is 12.3. The number of aryl methyl sites for hydroxylation is 1. The lowest BCUT2D eigenvalue weighted by molar-refractivity contribution is -0.122. The van der Waals surface area contributed by atoms with Crippen LogP contribution in [0.25, 0.3) is 0 Å². The van der Waals surface area contributed by atoms with Crippen molar-refractivity contribution in [2.45, 2.75) is 38.9 Å². The molecule has 29 heavy (non-hydrogen) atoms. The third kappa shape index (κ3) is 7.20. The molecule has 1 heterocycles. The quantitative estimate of drug-likeness (QED) is 0.569. The van der Waals surface area contributed by atoms with Crippen molar-refractivity contribution in [1.29, 1.82) is 0 Å². The van der Waals surface area contributed by atoms with Crippen molar-refractivity contribution in [1.82, 2.24) is 14.9 Å². The zero-order chi connectivity index (χ0) is 19.1. The van der Waals surface area contributed by atoms with Crippen LogP contribution in [0, 0.1) is 0 Å². The van der Waals surface area contributed by atoms with Crippen LogP contribution < -0.4 is 11.1 Å². The highest BCUT2D eigenvalue weighted by atomic mass is 35.5. The Balaban J connectivity index is 0.00000210. The Labute approximate surface area is 184 Å². The van der Waals surface area contributed by atoms with Gasteiger partial charge in [-0.05, 0) is 23.1 Å². The second kappa shape index (κ2) is 12.3. The molecule has 1 amide bonds. The van der Waals surface area contributed by atoms with E-state index in [0.717, 1.165) is 24.2 Å². The summed E-state index contributed by atoms with van der Waals surface area (Å²) < 4.78 is 2.01. The minimum absolute atomic E-state index is 0. The molecule has 0 unspecified atom stereocenters. The first kappa shape index (κ1) is 24.7. The molecule has 1 atom stereocenters. The largest absolute Gasteiger partial charge is 0.351 e. The number of hydrogen-bond donors (Lipinski definition) is 2. The van der Waals surface area contributed by atoms with E-state index in [1.165, 1.54) is 11.1 Å². The molecule has 0 fully saturated rings. The molecule has 0 aliphatic carbocycles. The first-order chi connectivity index (χ1) is 13.2. The average Bonchev–Trinajstić information content (AvgIpc) is 3.13. The van der Waals surface area contributed by atoms with Gasteiger partial charge in [-0.25, -0.2) is 4.98 Å². The lowest BCUT2D eigenvalue weighted by Gasteiger charge is -2.13. The van der Waals surface area contributed by atoms with Gasteiger partial charge in [0, 0.05) is 25.7 Å². The van der Waals surface area contributed by atoms with Crippen LogP contribution in [0.2, 0.25) is 0 Å². The molecule has 0 spiro atoms. The van der Waals surface area contributed by atoms with Gasteiger partial charge in [-0.3, -0.25) is 4.79 Å². The number of hydrogen-bond acceptors (Lipinski definition) is 3. The molecule has 3 rings (SSSR count). The van der Waals surface area contributed by atoms with Crippen molar-refractivity contribution in [2.24, 2.45) is 5.73 Å². The molecule has 0 radical (unpaired) electrons. The fraction of sp³-hybridized carbons (Fsp3) is 0.273. The first-order valence-corrected chi connectivity index (χ1v) is 9.30. The predicted molar refractivity (Wildman–Crippen MR) is 122 cm³/mol. The Bertz CT molecular complexity index is 883. The van der Waals surface area contributed by atoms with E-state index in [9.17, 15) is 4.79 Å². The Morgan fingerprint density at radius 1 is 1.07 bits per heavy atom. The first-order valence-electron chi connectivity index (χ1n) is 9.30. The summed E-state index contributed by atoms with van der Waals surface area (Å²) in [6.45, 7) is 3.36. The molecule has 3 aromatic rings. The molecule has 156 valence electrons. The van der Waals surface area contributed by atoms with Crippen LogP contribution >= 0.6 is 24.8 Å². The fourth-order valence-electron chi connectivity index (χ4n) is 3.10. The van der Waals surface area contributed by atoms with E-state index < -0.39 is 6.04 Å². The lowest BCUT2D eigenvalue weighted by atomic mass is 10.1. The van der Waals surface area contributed by atoms with Gasteiger partial charge in [0.05, 0.1) is 18.1 Å². The number of benzene rings is 2. The van der Waals surface area contributed by atoms with Crippen LogP contribution in [-0.2, 0) is 30.7 Å². The number of nitrogens with two attached hydrogens (primary N) is 1. The zero-order valence-electron chi connectivity index (χ0n) is 16.5. The highest BCUT2D eigenvalue weighted by Crippen LogP contribution is 2.09. The molecule has 3 N–H and O–H groups in total. The molecule has 0 saturated heterocycles. The highest BCUT2D eigenvalue weighted by molar-refractivity contribution is 5.85. The van der Waals surface area contributed by atoms with E-state index in [-0.39, 0.29) is 30.7 Å². The third-order valence-electron chi connectivity index (χ3n) is 4.61. The van der Waals surface area contributed by atoms with E-state index in [1.807, 2.05) is 47.2 Å². The van der Waals surface area contributed by atoms with E-state index in [2.05, 4.69) is 35.4 Å². The number of nitrogens with zero attached hydrogens (tertiary/aromatic N) is 2. The zero-order valence-corrected chi connectivity index (χ0v) is 18.1. The molecular weight excluding hydrogens is 407 g/mol. The monoisotopic (exact) mass is 434 g/mol. The summed E-state index contributed by atoms with van der Waals surface area (Å²) in [6, 6.07) is 17.7. The summed E-state index contributed by atoms with van der Waals surface area (Å²) in [6.07, 6.45) is 5.09. The summed E-state index contributed by atoms with van der Waals surface area (Å²) in [5.74, 6) is -0.154. The molecule has 0 aliphatic rings. The predicted octanol–water partition coefficient (Wildman–Crippen LogP) is 3.52. The van der Waals surface area contributed by atoms with E-state index in [1.54, 1.807) is 6.33 Å². The van der Waals surface area contributed by atoms with Crippen LogP contribution in [0.1, 0.15) is 29.3 Å². The van der Waals surface area contributed by atoms with Crippen molar-refractivity contribution >= 4 is 30.7 Å². The molecule has 1 aromatic heterocycles. The summed E-state index contributed by atoms with van der Waals surface area (Å²) in [5.41, 5.74) is 10.5. The summed E-state index contributed by atoms with van der Waals surface area (Å²) >= 11 is 0. The molecule has 0 aliphatic heterocycles. The number of halogens is 2. The van der Waals surface area contributed by atoms with Gasteiger partial charge < -0.3 is 15.6 Å². The minimum atomic E-state index is -0.612. The van der Waals surface area contributed by atoms with Crippen LogP contribution in [0.15, 0.2) is 67.1 Å². The van der Waals surface area contributed by atoms with Gasteiger partial charge in [0.15, 0.2) is 0 Å². The Hall–Kier alpha value is -2.34. The summed E-state index contributed by atoms with van der Waals surface area (Å²) in [5, 5.41) is 2.94. The van der Waals surface area contributed by atoms with Crippen LogP contribution in [-0.4, -0.2) is 21.5 Å². The van der Waals surface area contributed by atoms with E-state index in [4.69, 9.17) is 5.73 Å². The summed E-state index contributed by atoms with van der Waals surface area (Å²) in [4.78, 5) is 16.7. The van der Waals surface area contributed by atoms with Crippen LogP contribution in [0.4, 0.5) is 0 Å². The second-order valence-corrected chi connectivity index (χ2v) is 6.67. The third-order valence-corrected chi connectivity index (χ3v) is 4.61. The maximum absolute atomic E-state index is 12.3. The minimum Gasteiger partial charge on any atom is -0.351 e. The Morgan fingerprint density at radius 3 is 2.41 bits per heavy atom. The van der Waals surface area contributed by atoms with Gasteiger partial charge in [0.25, 0.3) is 0 Å². The number of imidazole rings is 1. The normalized spacial score (nSPS) is 11.1. The van der Waals surface area contributed by atoms with Crippen LogP contribution in [0.5, 0.6) is 0 Å². The van der Waals surface area contributed by atoms with Gasteiger partial charge in [-0.15, -0.1) is 24.8 Å². The van der Waals surface area contributed by atoms with Crippen molar-refractivity contribution in [3.05, 3.63) is 89.5 Å². The SMILES string of the molecule is CCc1ccccc1CNC(=O)[C@@H](N)Cc1cn(Cc2ccccc2)cn1.Cl.Cl. The molecular formula is C22H28Cl2N4O. The number of carbonyl (C=O) groups is 1. The number of amides is 1. The van der Waals surface area contributed by atoms with E-state index in [0.29, 0.717) is 13.0 Å². The van der Waals surface area contributed by atoms with Crippen molar-refractivity contribution in [2.75, 3.05) is 0 Å². The molecule has 0 saturated carbocycles. The van der Waals surface area contributed by atoms with E-state index >= 15 is 0 Å². The van der Waals surface area contributed by atoms with Gasteiger partial charge in [-0.2, -0.15) is 0 Å². The highest BCUT2D eigenvalue weighted by Gasteiger charge is 2.15. The topological polar surface area (TPSA) is 72.9 Å². The standard InChI is InChI=1S/C22H26N4O.2ClH/c1-2-18-10-6-7-11-19(18)13-24-22(27)21(23)12-20-15-26(16-25-20)14-17-8-4-3-5-9-17;;/h3-11,15-16,21H,2,12-14,23H2,1H3,(H,24,27);2*1H/t21-;;/m0../s1. The van der Waals surface area contributed by atoms with Gasteiger partial charge in [0.1, 0.15) is 0 Å². The smallest absolute Gasteiger partial charge is 0.237 e. The van der Waals surface area contributed by atoms with Gasteiger partial charge in [-0.1, -0.05) is 61.5 Å². The number of rotatable bonds is 8. The number of aromatic nitrogens is 2. The van der Waals surface area contributed by atoms with Crippen molar-refractivity contribution in [3.63, 3.8) is 0 Å². The van der Waals surface area contributed by atoms with Crippen molar-refractivity contribution in [3.8, 4) is 0 Å². The van der Waals surface area contributed by atoms with Gasteiger partial charge in [0.2, 0.25) is 5.91 Å². The molecule has 7 heteroatoms. The molecule has 2 aromatic carbocycles. The summed E-state index contributed by atoms with van der Waals surface area (Å²) in [7, 11) is 0. The molecule has 5 nitrogen and oxygen atoms in total. The van der Waals surface area contributed by atoms with Crippen molar-refractivity contribution < 1.29 is 4.79 Å². The Kier molecular flexibility index (Phi) is 10.5. The maximum Gasteiger partial charge on any atom is 0.237 e. The number of carbonyl (C=O) groups excluding carboxylic acids is 1. The van der Waals surface area contributed by atoms with Gasteiger partial charge >= 0.3 is 0 Å².